The quantitative estimate of drug-likeness (QED) is 0.625. The van der Waals surface area contributed by atoms with Crippen molar-refractivity contribution >= 4 is 17.5 Å². The molecule has 2 rings (SSSR count). The number of benzene rings is 1. The van der Waals surface area contributed by atoms with Crippen LogP contribution in [0, 0.1) is 10.1 Å². The second-order valence-corrected chi connectivity index (χ2v) is 3.43. The lowest BCUT2D eigenvalue weighted by atomic mass is 10.1. The van der Waals surface area contributed by atoms with E-state index in [1.165, 1.54) is 31.6 Å². The van der Waals surface area contributed by atoms with Crippen LogP contribution < -0.4 is 10.1 Å². The van der Waals surface area contributed by atoms with Gasteiger partial charge in [0.25, 0.3) is 11.6 Å². The van der Waals surface area contributed by atoms with Crippen molar-refractivity contribution in [3.63, 3.8) is 0 Å². The van der Waals surface area contributed by atoms with E-state index in [-0.39, 0.29) is 22.9 Å². The van der Waals surface area contributed by atoms with E-state index < -0.39 is 10.8 Å². The molecule has 0 fully saturated rings. The van der Waals surface area contributed by atoms with Crippen molar-refractivity contribution < 1.29 is 14.5 Å². The molecule has 0 aliphatic rings. The molecule has 0 spiro atoms. The average molecular weight is 263 g/mol. The Morgan fingerprint density at radius 1 is 1.53 bits per heavy atom. The number of aromatic amines is 1. The van der Waals surface area contributed by atoms with Gasteiger partial charge in [-0.25, -0.2) is 5.10 Å². The number of nitrogens with zero attached hydrogens (tertiary/aromatic N) is 3. The van der Waals surface area contributed by atoms with Crippen LogP contribution >= 0.6 is 0 Å². The number of anilines is 1. The molecule has 9 heteroatoms. The molecule has 0 bridgehead atoms. The standard InChI is InChI=1S/C10H9N5O4/c1-19-8-4-6(15(17)18)2-3-7(8)9(16)13-10-11-5-12-14-10/h2-5H,1H3,(H2,11,12,13,14,16). The molecule has 0 radical (unpaired) electrons. The number of carbonyl (C=O) groups is 1. The number of hydrogen-bond donors (Lipinski definition) is 2. The number of non-ortho nitro benzene ring substituents is 1. The Bertz CT molecular complexity index is 610. The molecule has 0 saturated heterocycles. The van der Waals surface area contributed by atoms with Crippen molar-refractivity contribution in [1.29, 1.82) is 0 Å². The maximum atomic E-state index is 11.9. The fraction of sp³-hybridized carbons (Fsp3) is 0.100. The molecule has 9 nitrogen and oxygen atoms in total. The third-order valence-corrected chi connectivity index (χ3v) is 2.29. The maximum Gasteiger partial charge on any atom is 0.273 e. The molecule has 0 saturated carbocycles. The van der Waals surface area contributed by atoms with Gasteiger partial charge in [-0.2, -0.15) is 10.1 Å². The Hall–Kier alpha value is -2.97. The molecule has 98 valence electrons. The van der Waals surface area contributed by atoms with E-state index in [9.17, 15) is 14.9 Å². The van der Waals surface area contributed by atoms with Gasteiger partial charge in [0.05, 0.1) is 23.7 Å². The fourth-order valence-corrected chi connectivity index (χ4v) is 1.42. The van der Waals surface area contributed by atoms with Crippen LogP contribution in [0.4, 0.5) is 11.6 Å². The van der Waals surface area contributed by atoms with Gasteiger partial charge in [0, 0.05) is 6.07 Å². The lowest BCUT2D eigenvalue weighted by molar-refractivity contribution is -0.384. The smallest absolute Gasteiger partial charge is 0.273 e. The molecular formula is C10H9N5O4. The van der Waals surface area contributed by atoms with Gasteiger partial charge in [0.15, 0.2) is 0 Å². The van der Waals surface area contributed by atoms with Crippen molar-refractivity contribution in [2.24, 2.45) is 0 Å². The highest BCUT2D eigenvalue weighted by Gasteiger charge is 2.17. The van der Waals surface area contributed by atoms with Crippen LogP contribution in [0.1, 0.15) is 10.4 Å². The highest BCUT2D eigenvalue weighted by atomic mass is 16.6. The predicted octanol–water partition coefficient (Wildman–Crippen LogP) is 0.974. The summed E-state index contributed by atoms with van der Waals surface area (Å²) >= 11 is 0. The molecule has 0 unspecified atom stereocenters. The summed E-state index contributed by atoms with van der Waals surface area (Å²) < 4.78 is 4.96. The predicted molar refractivity (Wildman–Crippen MR) is 64.0 cm³/mol. The summed E-state index contributed by atoms with van der Waals surface area (Å²) in [6.07, 6.45) is 1.24. The summed E-state index contributed by atoms with van der Waals surface area (Å²) in [5.41, 5.74) is -0.00225. The van der Waals surface area contributed by atoms with Gasteiger partial charge in [-0.1, -0.05) is 0 Å². The zero-order chi connectivity index (χ0) is 13.8. The Balaban J connectivity index is 2.28. The number of nitro groups is 1. The summed E-state index contributed by atoms with van der Waals surface area (Å²) in [6, 6.07) is 3.70. The molecule has 19 heavy (non-hydrogen) atoms. The van der Waals surface area contributed by atoms with Crippen LogP contribution in [0.2, 0.25) is 0 Å². The van der Waals surface area contributed by atoms with E-state index >= 15 is 0 Å². The van der Waals surface area contributed by atoms with Gasteiger partial charge in [0.1, 0.15) is 12.1 Å². The molecule has 2 aromatic rings. The largest absolute Gasteiger partial charge is 0.496 e. The summed E-state index contributed by atoms with van der Waals surface area (Å²) in [7, 11) is 1.32. The fourth-order valence-electron chi connectivity index (χ4n) is 1.42. The number of rotatable bonds is 4. The van der Waals surface area contributed by atoms with Crippen LogP contribution in [-0.2, 0) is 0 Å². The number of H-pyrrole nitrogens is 1. The average Bonchev–Trinajstić information content (AvgIpc) is 2.90. The van der Waals surface area contributed by atoms with E-state index in [2.05, 4.69) is 20.5 Å². The second-order valence-electron chi connectivity index (χ2n) is 3.43. The Morgan fingerprint density at radius 2 is 2.32 bits per heavy atom. The summed E-state index contributed by atoms with van der Waals surface area (Å²) in [6.45, 7) is 0. The molecule has 0 aliphatic carbocycles. The van der Waals surface area contributed by atoms with Gasteiger partial charge in [0.2, 0.25) is 5.95 Å². The topological polar surface area (TPSA) is 123 Å². The number of methoxy groups -OCH3 is 1. The second kappa shape index (κ2) is 5.12. The Labute approximate surface area is 106 Å². The third-order valence-electron chi connectivity index (χ3n) is 2.29. The first-order chi connectivity index (χ1) is 9.11. The van der Waals surface area contributed by atoms with Crippen molar-refractivity contribution in [1.82, 2.24) is 15.2 Å². The van der Waals surface area contributed by atoms with Crippen molar-refractivity contribution in [3.05, 3.63) is 40.2 Å². The van der Waals surface area contributed by atoms with Gasteiger partial charge in [-0.05, 0) is 6.07 Å². The van der Waals surface area contributed by atoms with Crippen molar-refractivity contribution in [2.75, 3.05) is 12.4 Å². The first kappa shape index (κ1) is 12.5. The molecule has 1 aromatic heterocycles. The number of aromatic nitrogens is 3. The SMILES string of the molecule is COc1cc([N+](=O)[O-])ccc1C(=O)Nc1ncn[nH]1. The normalized spacial score (nSPS) is 9.95. The van der Waals surface area contributed by atoms with Gasteiger partial charge < -0.3 is 4.74 Å². The van der Waals surface area contributed by atoms with E-state index in [1.807, 2.05) is 0 Å². The minimum Gasteiger partial charge on any atom is -0.496 e. The van der Waals surface area contributed by atoms with E-state index in [0.717, 1.165) is 0 Å². The lowest BCUT2D eigenvalue weighted by Gasteiger charge is -2.07. The van der Waals surface area contributed by atoms with Gasteiger partial charge in [-0.3, -0.25) is 20.2 Å². The summed E-state index contributed by atoms with van der Waals surface area (Å²) in [4.78, 5) is 25.7. The Morgan fingerprint density at radius 3 is 2.89 bits per heavy atom. The van der Waals surface area contributed by atoms with Crippen LogP contribution in [0.25, 0.3) is 0 Å². The first-order valence-electron chi connectivity index (χ1n) is 5.11. The van der Waals surface area contributed by atoms with E-state index in [1.54, 1.807) is 0 Å². The summed E-state index contributed by atoms with van der Waals surface area (Å²) in [5, 5.41) is 19.1. The maximum absolute atomic E-state index is 11.9. The first-order valence-corrected chi connectivity index (χ1v) is 5.11. The molecule has 0 atom stereocenters. The monoisotopic (exact) mass is 263 g/mol. The lowest BCUT2D eigenvalue weighted by Crippen LogP contribution is -2.14. The number of carbonyl (C=O) groups excluding carboxylic acids is 1. The number of hydrogen-bond acceptors (Lipinski definition) is 6. The molecule has 0 aliphatic heterocycles. The van der Waals surface area contributed by atoms with Crippen molar-refractivity contribution in [3.8, 4) is 5.75 Å². The van der Waals surface area contributed by atoms with E-state index in [0.29, 0.717) is 0 Å². The van der Waals surface area contributed by atoms with Crippen LogP contribution in [0.5, 0.6) is 5.75 Å². The van der Waals surface area contributed by atoms with Crippen molar-refractivity contribution in [2.45, 2.75) is 0 Å². The highest BCUT2D eigenvalue weighted by Crippen LogP contribution is 2.24. The summed E-state index contributed by atoms with van der Waals surface area (Å²) in [5.74, 6) is -0.236. The number of nitro benzene ring substituents is 1. The Kier molecular flexibility index (Phi) is 3.37. The molecule has 1 heterocycles. The third kappa shape index (κ3) is 2.65. The molecule has 1 aromatic carbocycles. The van der Waals surface area contributed by atoms with Crippen LogP contribution in [0.3, 0.4) is 0 Å². The van der Waals surface area contributed by atoms with Gasteiger partial charge in [-0.15, -0.1) is 0 Å². The zero-order valence-corrected chi connectivity index (χ0v) is 9.78. The van der Waals surface area contributed by atoms with Gasteiger partial charge >= 0.3 is 0 Å². The molecular weight excluding hydrogens is 254 g/mol. The van der Waals surface area contributed by atoms with Crippen LogP contribution in [-0.4, -0.2) is 33.1 Å². The minimum atomic E-state index is -0.569. The number of nitrogens with one attached hydrogen (secondary N) is 2. The van der Waals surface area contributed by atoms with Crippen LogP contribution in [0.15, 0.2) is 24.5 Å². The molecule has 2 N–H and O–H groups in total. The number of amides is 1. The zero-order valence-electron chi connectivity index (χ0n) is 9.78. The number of ether oxygens (including phenoxy) is 1. The molecule has 1 amide bonds. The minimum absolute atomic E-state index is 0.103. The highest BCUT2D eigenvalue weighted by molar-refractivity contribution is 6.05. The van der Waals surface area contributed by atoms with E-state index in [4.69, 9.17) is 4.74 Å².